The molecule has 0 heterocycles. The molecule has 0 fully saturated rings. The lowest BCUT2D eigenvalue weighted by Gasteiger charge is -2.18. The Hall–Kier alpha value is -1.91. The van der Waals surface area contributed by atoms with E-state index in [1.807, 2.05) is 0 Å². The molecule has 0 aromatic heterocycles. The first-order valence-corrected chi connectivity index (χ1v) is 9.85. The fourth-order valence-corrected chi connectivity index (χ4v) is 4.58. The van der Waals surface area contributed by atoms with Gasteiger partial charge in [-0.05, 0) is 11.1 Å². The normalized spacial score (nSPS) is 13.1. The Balaban J connectivity index is 2.37. The molecule has 0 saturated carbocycles. The Morgan fingerprint density at radius 3 is 1.56 bits per heavy atom. The second kappa shape index (κ2) is 7.14. The van der Waals surface area contributed by atoms with Crippen LogP contribution in [0.2, 0.25) is 0 Å². The Labute approximate surface area is 143 Å². The largest absolute Gasteiger partial charge is 0.524 e. The highest BCUT2D eigenvalue weighted by Gasteiger charge is 2.50. The van der Waals surface area contributed by atoms with Gasteiger partial charge in [-0.2, -0.15) is 30.0 Å². The van der Waals surface area contributed by atoms with Gasteiger partial charge in [-0.25, -0.2) is 0 Å². The van der Waals surface area contributed by atoms with Gasteiger partial charge in [0.15, 0.2) is 0 Å². The van der Waals surface area contributed by atoms with E-state index in [1.165, 1.54) is 0 Å². The van der Waals surface area contributed by atoms with Gasteiger partial charge >= 0.3 is 15.6 Å². The minimum Gasteiger partial charge on any atom is -0.198 e. The van der Waals surface area contributed by atoms with Gasteiger partial charge in [0.25, 0.3) is 10.1 Å². The van der Waals surface area contributed by atoms with Crippen LogP contribution < -0.4 is 0 Å². The molecular formula is C15H13F3O5S2. The fourth-order valence-electron chi connectivity index (χ4n) is 2.16. The van der Waals surface area contributed by atoms with Crippen LogP contribution in [0.15, 0.2) is 60.7 Å². The topological polar surface area (TPSA) is 77.5 Å². The van der Waals surface area contributed by atoms with Crippen molar-refractivity contribution in [3.63, 3.8) is 0 Å². The molecule has 0 aliphatic rings. The van der Waals surface area contributed by atoms with Crippen LogP contribution in [0.4, 0.5) is 13.2 Å². The molecule has 0 spiro atoms. The highest BCUT2D eigenvalue weighted by Crippen LogP contribution is 2.30. The number of halogens is 3. The monoisotopic (exact) mass is 394 g/mol. The van der Waals surface area contributed by atoms with Crippen molar-refractivity contribution in [1.82, 2.24) is 0 Å². The Bertz CT molecular complexity index is 869. The molecule has 136 valence electrons. The van der Waals surface area contributed by atoms with Crippen LogP contribution in [0.3, 0.4) is 0 Å². The van der Waals surface area contributed by atoms with Crippen LogP contribution in [0.5, 0.6) is 0 Å². The van der Waals surface area contributed by atoms with Crippen LogP contribution >= 0.6 is 0 Å². The zero-order valence-corrected chi connectivity index (χ0v) is 14.2. The summed E-state index contributed by atoms with van der Waals surface area (Å²) in [6.45, 7) is 0. The molecule has 0 saturated heterocycles. The number of hydrogen-bond donors (Lipinski definition) is 0. The lowest BCUT2D eigenvalue weighted by atomic mass is 9.93. The SMILES string of the molecule is O=S(=O)(CC(c1ccccc1)c1ccccc1)OS(=O)(=O)C(F)(F)F. The number of alkyl halides is 3. The molecule has 2 rings (SSSR count). The Morgan fingerprint density at radius 2 is 1.20 bits per heavy atom. The molecule has 0 aliphatic carbocycles. The zero-order chi connectivity index (χ0) is 18.7. The molecule has 0 aliphatic heterocycles. The smallest absolute Gasteiger partial charge is 0.198 e. The Morgan fingerprint density at radius 1 is 0.800 bits per heavy atom. The first-order chi connectivity index (χ1) is 11.5. The van der Waals surface area contributed by atoms with Crippen molar-refractivity contribution in [2.24, 2.45) is 0 Å². The summed E-state index contributed by atoms with van der Waals surface area (Å²) in [6, 6.07) is 16.2. The maximum absolute atomic E-state index is 12.4. The highest BCUT2D eigenvalue weighted by atomic mass is 32.3. The minimum atomic E-state index is -6.25. The first-order valence-electron chi connectivity index (χ1n) is 6.87. The van der Waals surface area contributed by atoms with Gasteiger partial charge in [0.05, 0.1) is 5.75 Å². The molecule has 0 N–H and O–H groups in total. The number of rotatable bonds is 6. The van der Waals surface area contributed by atoms with Crippen LogP contribution in [-0.2, 0) is 23.9 Å². The third-order valence-corrected chi connectivity index (χ3v) is 6.11. The summed E-state index contributed by atoms with van der Waals surface area (Å²) in [6.07, 6.45) is 0. The van der Waals surface area contributed by atoms with Crippen molar-refractivity contribution in [3.05, 3.63) is 71.8 Å². The second-order valence-corrected chi connectivity index (χ2v) is 8.43. The summed E-state index contributed by atoms with van der Waals surface area (Å²) in [4.78, 5) is 0. The van der Waals surface area contributed by atoms with Crippen LogP contribution in [-0.4, -0.2) is 28.1 Å². The summed E-state index contributed by atoms with van der Waals surface area (Å²) < 4.78 is 86.5. The molecule has 25 heavy (non-hydrogen) atoms. The predicted molar refractivity (Wildman–Crippen MR) is 84.6 cm³/mol. The first kappa shape index (κ1) is 19.4. The van der Waals surface area contributed by atoms with E-state index in [0.29, 0.717) is 11.1 Å². The molecule has 0 radical (unpaired) electrons. The molecule has 0 atom stereocenters. The van der Waals surface area contributed by atoms with Gasteiger partial charge < -0.3 is 0 Å². The van der Waals surface area contributed by atoms with Crippen molar-refractivity contribution in [2.45, 2.75) is 11.4 Å². The third-order valence-electron chi connectivity index (χ3n) is 3.25. The van der Waals surface area contributed by atoms with Crippen LogP contribution in [0, 0.1) is 0 Å². The van der Waals surface area contributed by atoms with E-state index >= 15 is 0 Å². The Kier molecular flexibility index (Phi) is 5.55. The van der Waals surface area contributed by atoms with Crippen molar-refractivity contribution < 1.29 is 33.6 Å². The van der Waals surface area contributed by atoms with Crippen molar-refractivity contribution >= 4 is 20.2 Å². The molecule has 2 aromatic rings. The number of benzene rings is 2. The molecule has 0 bridgehead atoms. The van der Waals surface area contributed by atoms with Crippen LogP contribution in [0.1, 0.15) is 17.0 Å². The van der Waals surface area contributed by atoms with E-state index < -0.39 is 37.4 Å². The van der Waals surface area contributed by atoms with Gasteiger partial charge in [-0.1, -0.05) is 60.7 Å². The fraction of sp³-hybridized carbons (Fsp3) is 0.200. The van der Waals surface area contributed by atoms with E-state index in [9.17, 15) is 30.0 Å². The summed E-state index contributed by atoms with van der Waals surface area (Å²) in [5, 5.41) is 0. The number of hydrogen-bond acceptors (Lipinski definition) is 5. The lowest BCUT2D eigenvalue weighted by Crippen LogP contribution is -2.30. The van der Waals surface area contributed by atoms with E-state index in [-0.39, 0.29) is 0 Å². The maximum Gasteiger partial charge on any atom is 0.524 e. The molecule has 0 unspecified atom stereocenters. The van der Waals surface area contributed by atoms with E-state index in [0.717, 1.165) is 0 Å². The molecule has 0 amide bonds. The zero-order valence-electron chi connectivity index (χ0n) is 12.5. The van der Waals surface area contributed by atoms with Gasteiger partial charge in [0, 0.05) is 5.92 Å². The predicted octanol–water partition coefficient (Wildman–Crippen LogP) is 3.01. The maximum atomic E-state index is 12.4. The molecule has 2 aromatic carbocycles. The van der Waals surface area contributed by atoms with Crippen molar-refractivity contribution in [1.29, 1.82) is 0 Å². The van der Waals surface area contributed by atoms with Gasteiger partial charge in [0.2, 0.25) is 0 Å². The highest BCUT2D eigenvalue weighted by molar-refractivity contribution is 8.00. The molecule has 10 heteroatoms. The standard InChI is InChI=1S/C15H13F3O5S2/c16-15(17,18)25(21,22)23-24(19,20)11-14(12-7-3-1-4-8-12)13-9-5-2-6-10-13/h1-10,14H,11H2. The quantitative estimate of drug-likeness (QED) is 0.704. The summed E-state index contributed by atoms with van der Waals surface area (Å²) in [5.74, 6) is -1.85. The summed E-state index contributed by atoms with van der Waals surface area (Å²) in [5.41, 5.74) is -4.84. The average Bonchev–Trinajstić information content (AvgIpc) is 2.52. The van der Waals surface area contributed by atoms with Crippen molar-refractivity contribution in [2.75, 3.05) is 5.75 Å². The van der Waals surface area contributed by atoms with E-state index in [4.69, 9.17) is 0 Å². The molecular weight excluding hydrogens is 381 g/mol. The van der Waals surface area contributed by atoms with Gasteiger partial charge in [-0.15, -0.1) is 3.63 Å². The molecule has 5 nitrogen and oxygen atoms in total. The summed E-state index contributed by atoms with van der Waals surface area (Å²) in [7, 11) is -11.3. The van der Waals surface area contributed by atoms with Crippen LogP contribution in [0.25, 0.3) is 0 Å². The third kappa shape index (κ3) is 5.03. The second-order valence-electron chi connectivity index (χ2n) is 5.07. The summed E-state index contributed by atoms with van der Waals surface area (Å²) >= 11 is 0. The lowest BCUT2D eigenvalue weighted by molar-refractivity contribution is -0.0498. The average molecular weight is 394 g/mol. The van der Waals surface area contributed by atoms with E-state index in [1.54, 1.807) is 60.7 Å². The van der Waals surface area contributed by atoms with Crippen molar-refractivity contribution in [3.8, 4) is 0 Å². The van der Waals surface area contributed by atoms with Gasteiger partial charge in [-0.3, -0.25) is 0 Å². The minimum absolute atomic E-state index is 0.491. The van der Waals surface area contributed by atoms with E-state index in [2.05, 4.69) is 3.63 Å². The van der Waals surface area contributed by atoms with Gasteiger partial charge in [0.1, 0.15) is 0 Å².